The molecule has 9 nitrogen and oxygen atoms in total. The number of hydrogen-bond acceptors (Lipinski definition) is 6. The molecular formula is C35H35BrN4O5. The van der Waals surface area contributed by atoms with Crippen molar-refractivity contribution < 1.29 is 23.9 Å². The second kappa shape index (κ2) is 13.2. The van der Waals surface area contributed by atoms with Gasteiger partial charge in [-0.15, -0.1) is 0 Å². The Kier molecular flexibility index (Phi) is 9.36. The molecule has 3 atom stereocenters. The molecule has 232 valence electrons. The van der Waals surface area contributed by atoms with Crippen molar-refractivity contribution in [2.24, 2.45) is 0 Å². The number of ether oxygens (including phenoxy) is 1. The van der Waals surface area contributed by atoms with Crippen molar-refractivity contribution in [2.45, 2.75) is 45.4 Å². The predicted molar refractivity (Wildman–Crippen MR) is 179 cm³/mol. The van der Waals surface area contributed by atoms with Gasteiger partial charge in [-0.1, -0.05) is 52.3 Å². The van der Waals surface area contributed by atoms with Gasteiger partial charge in [0.25, 0.3) is 11.8 Å². The molecule has 10 heteroatoms. The van der Waals surface area contributed by atoms with E-state index < -0.39 is 18.1 Å². The first-order valence-electron chi connectivity index (χ1n) is 14.6. The number of carbonyl (C=O) groups is 4. The van der Waals surface area contributed by atoms with Crippen molar-refractivity contribution in [3.8, 4) is 5.75 Å². The molecule has 0 spiro atoms. The van der Waals surface area contributed by atoms with E-state index in [1.54, 1.807) is 74.2 Å². The number of methoxy groups -OCH3 is 1. The maximum Gasteiger partial charge on any atom is 0.258 e. The van der Waals surface area contributed by atoms with Crippen LogP contribution in [0.1, 0.15) is 47.1 Å². The Bertz CT molecular complexity index is 1790. The Hall–Kier alpha value is -4.54. The van der Waals surface area contributed by atoms with Crippen molar-refractivity contribution in [3.63, 3.8) is 0 Å². The van der Waals surface area contributed by atoms with Gasteiger partial charge in [-0.05, 0) is 81.1 Å². The highest BCUT2D eigenvalue weighted by molar-refractivity contribution is 9.10. The zero-order valence-electron chi connectivity index (χ0n) is 25.8. The number of hydrogen-bond donors (Lipinski definition) is 2. The lowest BCUT2D eigenvalue weighted by molar-refractivity contribution is -0.128. The summed E-state index contributed by atoms with van der Waals surface area (Å²) in [4.78, 5) is 57.2. The zero-order valence-corrected chi connectivity index (χ0v) is 27.3. The molecule has 4 aromatic carbocycles. The molecular weight excluding hydrogens is 636 g/mol. The van der Waals surface area contributed by atoms with Crippen LogP contribution in [0.15, 0.2) is 83.3 Å². The lowest BCUT2D eigenvalue weighted by Crippen LogP contribution is -2.59. The van der Waals surface area contributed by atoms with Gasteiger partial charge in [0.05, 0.1) is 37.1 Å². The highest BCUT2D eigenvalue weighted by Gasteiger charge is 2.43. The topological polar surface area (TPSA) is 108 Å². The van der Waals surface area contributed by atoms with E-state index >= 15 is 0 Å². The minimum absolute atomic E-state index is 0.110. The number of anilines is 2. The third-order valence-electron chi connectivity index (χ3n) is 8.35. The fourth-order valence-corrected chi connectivity index (χ4v) is 6.17. The predicted octanol–water partition coefficient (Wildman–Crippen LogP) is 5.49. The maximum atomic E-state index is 14.7. The van der Waals surface area contributed by atoms with Crippen LogP contribution in [-0.4, -0.2) is 55.8 Å². The monoisotopic (exact) mass is 670 g/mol. The van der Waals surface area contributed by atoms with E-state index in [2.05, 4.69) is 26.6 Å². The van der Waals surface area contributed by atoms with Crippen LogP contribution in [0.2, 0.25) is 0 Å². The molecule has 1 aliphatic heterocycles. The number of nitrogens with one attached hydrogen (secondary N) is 2. The summed E-state index contributed by atoms with van der Waals surface area (Å²) in [5.41, 5.74) is 2.63. The van der Waals surface area contributed by atoms with Crippen molar-refractivity contribution in [1.29, 1.82) is 0 Å². The third kappa shape index (κ3) is 6.08. The van der Waals surface area contributed by atoms with Crippen LogP contribution in [0.3, 0.4) is 0 Å². The molecule has 3 amide bonds. The van der Waals surface area contributed by atoms with Crippen LogP contribution in [-0.2, 0) is 16.1 Å². The first kappa shape index (κ1) is 31.9. The Morgan fingerprint density at radius 1 is 0.911 bits per heavy atom. The van der Waals surface area contributed by atoms with Crippen molar-refractivity contribution >= 4 is 61.6 Å². The van der Waals surface area contributed by atoms with E-state index in [-0.39, 0.29) is 30.0 Å². The summed E-state index contributed by atoms with van der Waals surface area (Å²) in [5, 5.41) is 7.69. The molecule has 0 radical (unpaired) electrons. The van der Waals surface area contributed by atoms with Gasteiger partial charge in [0.2, 0.25) is 5.91 Å². The fourth-order valence-electron chi connectivity index (χ4n) is 5.67. The van der Waals surface area contributed by atoms with Crippen molar-refractivity contribution in [3.05, 3.63) is 100 Å². The Morgan fingerprint density at radius 3 is 2.22 bits per heavy atom. The number of fused-ring (bicyclic) bond motifs is 2. The average molecular weight is 672 g/mol. The average Bonchev–Trinajstić information content (AvgIpc) is 3.13. The van der Waals surface area contributed by atoms with Gasteiger partial charge in [-0.3, -0.25) is 19.2 Å². The van der Waals surface area contributed by atoms with E-state index in [9.17, 15) is 19.2 Å². The zero-order chi connectivity index (χ0) is 32.4. The minimum Gasteiger partial charge on any atom is -0.496 e. The van der Waals surface area contributed by atoms with Gasteiger partial charge in [-0.2, -0.15) is 0 Å². The number of halogens is 1. The first-order chi connectivity index (χ1) is 21.6. The smallest absolute Gasteiger partial charge is 0.258 e. The Balaban J connectivity index is 1.69. The highest BCUT2D eigenvalue weighted by Crippen LogP contribution is 2.40. The summed E-state index contributed by atoms with van der Waals surface area (Å²) in [7, 11) is 3.25. The number of para-hydroxylation sites is 2. The summed E-state index contributed by atoms with van der Waals surface area (Å²) in [6, 6.07) is 20.9. The molecule has 1 heterocycles. The van der Waals surface area contributed by atoms with Crippen molar-refractivity contribution in [2.75, 3.05) is 24.0 Å². The Morgan fingerprint density at radius 2 is 1.58 bits per heavy atom. The number of rotatable bonds is 8. The molecule has 0 aliphatic carbocycles. The van der Waals surface area contributed by atoms with Gasteiger partial charge >= 0.3 is 0 Å². The van der Waals surface area contributed by atoms with E-state index in [0.717, 1.165) is 20.8 Å². The van der Waals surface area contributed by atoms with Crippen LogP contribution >= 0.6 is 15.9 Å². The third-order valence-corrected chi connectivity index (χ3v) is 9.04. The second-order valence-corrected chi connectivity index (χ2v) is 11.9. The SMILES string of the molecule is CNC(C)C(=O)N[C@@H]1C(=O)N(Cc2c(OC)ccc3c(Br)cccc23)c2ccccc2N(C(=O)c2ccc(C(C)=O)cc2)[C@H]1C. The van der Waals surface area contributed by atoms with Crippen LogP contribution in [0.5, 0.6) is 5.75 Å². The standard InChI is InChI=1S/C35H35BrN4O5/c1-20(37-4)33(42)38-32-21(2)40(34(43)24-15-13-23(14-16-24)22(3)41)30-12-7-6-11-29(30)39(35(32)44)19-27-25-9-8-10-28(36)26(25)17-18-31(27)45-5/h6-18,20-21,32,37H,19H2,1-5H3,(H,38,42)/t20?,21-,32-/m0/s1. The second-order valence-electron chi connectivity index (χ2n) is 11.0. The van der Waals surface area contributed by atoms with Gasteiger partial charge in [-0.25, -0.2) is 0 Å². The number of ketones is 1. The molecule has 1 unspecified atom stereocenters. The molecule has 45 heavy (non-hydrogen) atoms. The molecule has 0 bridgehead atoms. The number of Topliss-reactive ketones (excluding diaryl/α,β-unsaturated/α-hetero) is 1. The van der Waals surface area contributed by atoms with E-state index in [1.807, 2.05) is 42.5 Å². The summed E-state index contributed by atoms with van der Waals surface area (Å²) in [6.45, 7) is 5.03. The molecule has 0 aromatic heterocycles. The summed E-state index contributed by atoms with van der Waals surface area (Å²) >= 11 is 3.64. The number of likely N-dealkylation sites (N-methyl/N-ethyl adjacent to an activating group) is 1. The van der Waals surface area contributed by atoms with Gasteiger partial charge < -0.3 is 25.2 Å². The van der Waals surface area contributed by atoms with E-state index in [1.165, 1.54) is 6.92 Å². The summed E-state index contributed by atoms with van der Waals surface area (Å²) < 4.78 is 6.67. The van der Waals surface area contributed by atoms with Crippen LogP contribution in [0.25, 0.3) is 10.8 Å². The molecule has 0 fully saturated rings. The molecule has 2 N–H and O–H groups in total. The summed E-state index contributed by atoms with van der Waals surface area (Å²) in [6.07, 6.45) is 0. The number of carbonyl (C=O) groups excluding carboxylic acids is 4. The van der Waals surface area contributed by atoms with E-state index in [0.29, 0.717) is 28.3 Å². The molecule has 5 rings (SSSR count). The minimum atomic E-state index is -1.09. The fraction of sp³-hybridized carbons (Fsp3) is 0.257. The van der Waals surface area contributed by atoms with Gasteiger partial charge in [0.1, 0.15) is 11.8 Å². The largest absolute Gasteiger partial charge is 0.496 e. The quantitative estimate of drug-likeness (QED) is 0.240. The number of amides is 3. The van der Waals surface area contributed by atoms with Crippen molar-refractivity contribution in [1.82, 2.24) is 10.6 Å². The van der Waals surface area contributed by atoms with Gasteiger partial charge in [0, 0.05) is 21.2 Å². The van der Waals surface area contributed by atoms with Crippen LogP contribution in [0, 0.1) is 0 Å². The number of nitrogens with zero attached hydrogens (tertiary/aromatic N) is 2. The lowest BCUT2D eigenvalue weighted by atomic mass is 10.0. The first-order valence-corrected chi connectivity index (χ1v) is 15.4. The highest BCUT2D eigenvalue weighted by atomic mass is 79.9. The van der Waals surface area contributed by atoms with Crippen LogP contribution in [0.4, 0.5) is 11.4 Å². The Labute approximate surface area is 270 Å². The maximum absolute atomic E-state index is 14.7. The molecule has 4 aromatic rings. The van der Waals surface area contributed by atoms with Gasteiger partial charge in [0.15, 0.2) is 5.78 Å². The summed E-state index contributed by atoms with van der Waals surface area (Å²) in [5.74, 6) is -0.624. The number of benzene rings is 4. The van der Waals surface area contributed by atoms with E-state index in [4.69, 9.17) is 4.74 Å². The molecule has 0 saturated heterocycles. The lowest BCUT2D eigenvalue weighted by Gasteiger charge is -2.32. The van der Waals surface area contributed by atoms with Crippen LogP contribution < -0.4 is 25.2 Å². The molecule has 0 saturated carbocycles. The normalized spacial score (nSPS) is 17.0. The molecule has 1 aliphatic rings.